The molecule has 0 aliphatic carbocycles. The Hall–Kier alpha value is -1.32. The van der Waals surface area contributed by atoms with Crippen molar-refractivity contribution in [1.29, 1.82) is 0 Å². The van der Waals surface area contributed by atoms with Gasteiger partial charge in [-0.05, 0) is 42.3 Å². The molecule has 1 aliphatic heterocycles. The fourth-order valence-electron chi connectivity index (χ4n) is 2.74. The Morgan fingerprint density at radius 1 is 1.15 bits per heavy atom. The average Bonchev–Trinajstić information content (AvgIpc) is 2.89. The van der Waals surface area contributed by atoms with E-state index < -0.39 is 0 Å². The zero-order valence-electron chi connectivity index (χ0n) is 11.7. The van der Waals surface area contributed by atoms with Gasteiger partial charge in [-0.25, -0.2) is 0 Å². The Morgan fingerprint density at radius 3 is 2.85 bits per heavy atom. The second-order valence-electron chi connectivity index (χ2n) is 5.43. The summed E-state index contributed by atoms with van der Waals surface area (Å²) >= 11 is 3.62. The van der Waals surface area contributed by atoms with Gasteiger partial charge in [0, 0.05) is 29.8 Å². The molecule has 0 saturated carbocycles. The summed E-state index contributed by atoms with van der Waals surface area (Å²) in [6, 6.07) is 15.2. The van der Waals surface area contributed by atoms with Crippen LogP contribution in [0.2, 0.25) is 0 Å². The molecular formula is C17H19BrN2. The van der Waals surface area contributed by atoms with Crippen LogP contribution in [0.1, 0.15) is 16.7 Å². The molecule has 0 spiro atoms. The molecule has 1 aliphatic rings. The maximum absolute atomic E-state index is 3.62. The summed E-state index contributed by atoms with van der Waals surface area (Å²) < 4.78 is 1.19. The molecule has 0 aromatic heterocycles. The van der Waals surface area contributed by atoms with E-state index in [1.165, 1.54) is 26.9 Å². The minimum absolute atomic E-state index is 0.955. The van der Waals surface area contributed by atoms with E-state index in [4.69, 9.17) is 0 Å². The highest BCUT2D eigenvalue weighted by atomic mass is 79.9. The Labute approximate surface area is 128 Å². The molecule has 104 valence electrons. The van der Waals surface area contributed by atoms with Crippen LogP contribution < -0.4 is 5.32 Å². The lowest BCUT2D eigenvalue weighted by Gasteiger charge is -2.18. The minimum Gasteiger partial charge on any atom is -0.384 e. The first-order valence-corrected chi connectivity index (χ1v) is 7.79. The third-order valence-electron chi connectivity index (χ3n) is 3.73. The van der Waals surface area contributed by atoms with E-state index in [0.717, 1.165) is 26.1 Å². The van der Waals surface area contributed by atoms with Crippen molar-refractivity contribution in [3.8, 4) is 0 Å². The Balaban J connectivity index is 1.67. The number of hydrogen-bond donors (Lipinski definition) is 1. The van der Waals surface area contributed by atoms with Crippen molar-refractivity contribution in [2.24, 2.45) is 0 Å². The summed E-state index contributed by atoms with van der Waals surface area (Å²) in [5.74, 6) is 0. The van der Waals surface area contributed by atoms with Gasteiger partial charge in [-0.15, -0.1) is 0 Å². The summed E-state index contributed by atoms with van der Waals surface area (Å²) in [5, 5.41) is 3.41. The highest BCUT2D eigenvalue weighted by Gasteiger charge is 2.11. The summed E-state index contributed by atoms with van der Waals surface area (Å²) in [6.07, 6.45) is 1.15. The molecule has 2 nitrogen and oxygen atoms in total. The quantitative estimate of drug-likeness (QED) is 0.909. The molecule has 0 atom stereocenters. The highest BCUT2D eigenvalue weighted by Crippen LogP contribution is 2.24. The molecule has 2 aromatic carbocycles. The van der Waals surface area contributed by atoms with E-state index >= 15 is 0 Å². The summed E-state index contributed by atoms with van der Waals surface area (Å²) in [6.45, 7) is 3.01. The number of nitrogens with one attached hydrogen (secondary N) is 1. The van der Waals surface area contributed by atoms with Crippen molar-refractivity contribution in [2.45, 2.75) is 19.5 Å². The number of anilines is 1. The maximum Gasteiger partial charge on any atom is 0.0373 e. The Bertz CT molecular complexity index is 610. The van der Waals surface area contributed by atoms with Gasteiger partial charge in [0.1, 0.15) is 0 Å². The lowest BCUT2D eigenvalue weighted by molar-refractivity contribution is 0.318. The van der Waals surface area contributed by atoms with Gasteiger partial charge < -0.3 is 5.32 Å². The first kappa shape index (κ1) is 13.7. The Kier molecular flexibility index (Phi) is 4.08. The molecule has 0 amide bonds. The smallest absolute Gasteiger partial charge is 0.0373 e. The number of halogens is 1. The topological polar surface area (TPSA) is 15.3 Å². The van der Waals surface area contributed by atoms with Gasteiger partial charge in [0.25, 0.3) is 0 Å². The molecule has 0 fully saturated rings. The molecule has 0 bridgehead atoms. The number of rotatable bonds is 4. The monoisotopic (exact) mass is 330 g/mol. The van der Waals surface area contributed by atoms with E-state index in [9.17, 15) is 0 Å². The third-order valence-corrected chi connectivity index (χ3v) is 4.50. The zero-order valence-corrected chi connectivity index (χ0v) is 13.3. The first-order chi connectivity index (χ1) is 9.72. The van der Waals surface area contributed by atoms with Crippen LogP contribution in [-0.2, 0) is 19.5 Å². The third kappa shape index (κ3) is 3.05. The van der Waals surface area contributed by atoms with Crippen LogP contribution in [0.15, 0.2) is 46.9 Å². The summed E-state index contributed by atoms with van der Waals surface area (Å²) in [4.78, 5) is 2.35. The molecule has 1 N–H and O–H groups in total. The molecule has 0 unspecified atom stereocenters. The summed E-state index contributed by atoms with van der Waals surface area (Å²) in [7, 11) is 2.17. The van der Waals surface area contributed by atoms with Crippen LogP contribution >= 0.6 is 15.9 Å². The molecule has 1 heterocycles. The number of hydrogen-bond acceptors (Lipinski definition) is 2. The molecule has 0 radical (unpaired) electrons. The van der Waals surface area contributed by atoms with Gasteiger partial charge in [0.05, 0.1) is 0 Å². The fourth-order valence-corrected chi connectivity index (χ4v) is 3.15. The van der Waals surface area contributed by atoms with Gasteiger partial charge in [-0.3, -0.25) is 4.90 Å². The SMILES string of the molecule is CN(Cc1ccc2c(c1)CCN2)Cc1ccccc1Br. The van der Waals surface area contributed by atoms with Gasteiger partial charge >= 0.3 is 0 Å². The van der Waals surface area contributed by atoms with Gasteiger partial charge in [-0.1, -0.05) is 46.3 Å². The summed E-state index contributed by atoms with van der Waals surface area (Å²) in [5.41, 5.74) is 5.49. The van der Waals surface area contributed by atoms with Gasteiger partial charge in [0.15, 0.2) is 0 Å². The van der Waals surface area contributed by atoms with E-state index in [0.29, 0.717) is 0 Å². The molecule has 20 heavy (non-hydrogen) atoms. The number of benzene rings is 2. The van der Waals surface area contributed by atoms with E-state index in [2.05, 4.69) is 75.7 Å². The van der Waals surface area contributed by atoms with Crippen LogP contribution in [0.25, 0.3) is 0 Å². The van der Waals surface area contributed by atoms with Crippen molar-refractivity contribution in [3.63, 3.8) is 0 Å². The second kappa shape index (κ2) is 5.98. The first-order valence-electron chi connectivity index (χ1n) is 7.00. The predicted molar refractivity (Wildman–Crippen MR) is 87.9 cm³/mol. The second-order valence-corrected chi connectivity index (χ2v) is 6.29. The van der Waals surface area contributed by atoms with Crippen molar-refractivity contribution < 1.29 is 0 Å². The van der Waals surface area contributed by atoms with Crippen molar-refractivity contribution in [1.82, 2.24) is 4.90 Å². The lowest BCUT2D eigenvalue weighted by atomic mass is 10.1. The highest BCUT2D eigenvalue weighted by molar-refractivity contribution is 9.10. The van der Waals surface area contributed by atoms with Crippen molar-refractivity contribution in [2.75, 3.05) is 18.9 Å². The van der Waals surface area contributed by atoms with E-state index in [1.54, 1.807) is 0 Å². The minimum atomic E-state index is 0.955. The maximum atomic E-state index is 3.62. The molecule has 3 rings (SSSR count). The van der Waals surface area contributed by atoms with Gasteiger partial charge in [0.2, 0.25) is 0 Å². The zero-order chi connectivity index (χ0) is 13.9. The number of fused-ring (bicyclic) bond motifs is 1. The standard InChI is InChI=1S/C17H19BrN2/c1-20(12-15-4-2-3-5-16(15)18)11-13-6-7-17-14(10-13)8-9-19-17/h2-7,10,19H,8-9,11-12H2,1H3. The van der Waals surface area contributed by atoms with Crippen LogP contribution in [0.4, 0.5) is 5.69 Å². The van der Waals surface area contributed by atoms with E-state index in [-0.39, 0.29) is 0 Å². The van der Waals surface area contributed by atoms with Crippen LogP contribution in [0.3, 0.4) is 0 Å². The normalized spacial score (nSPS) is 13.3. The lowest BCUT2D eigenvalue weighted by Crippen LogP contribution is -2.17. The van der Waals surface area contributed by atoms with Crippen LogP contribution in [0.5, 0.6) is 0 Å². The van der Waals surface area contributed by atoms with Gasteiger partial charge in [-0.2, -0.15) is 0 Å². The largest absolute Gasteiger partial charge is 0.384 e. The molecule has 2 aromatic rings. The molecule has 3 heteroatoms. The van der Waals surface area contributed by atoms with Crippen molar-refractivity contribution >= 4 is 21.6 Å². The average molecular weight is 331 g/mol. The van der Waals surface area contributed by atoms with Crippen LogP contribution in [-0.4, -0.2) is 18.5 Å². The Morgan fingerprint density at radius 2 is 2.00 bits per heavy atom. The molecule has 0 saturated heterocycles. The van der Waals surface area contributed by atoms with Crippen LogP contribution in [0, 0.1) is 0 Å². The van der Waals surface area contributed by atoms with E-state index in [1.807, 2.05) is 0 Å². The number of nitrogens with zero attached hydrogens (tertiary/aromatic N) is 1. The molecular weight excluding hydrogens is 312 g/mol. The fraction of sp³-hybridized carbons (Fsp3) is 0.294. The van der Waals surface area contributed by atoms with Crippen molar-refractivity contribution in [3.05, 3.63) is 63.6 Å². The predicted octanol–water partition coefficient (Wildman–Crippen LogP) is 4.05.